The number of carbonyl (C=O) groups is 4. The van der Waals surface area contributed by atoms with Crippen molar-refractivity contribution in [2.24, 2.45) is 0 Å². The van der Waals surface area contributed by atoms with Crippen molar-refractivity contribution in [3.05, 3.63) is 107 Å². The van der Waals surface area contributed by atoms with Gasteiger partial charge in [-0.05, 0) is 73.2 Å². The average molecular weight is 488 g/mol. The summed E-state index contributed by atoms with van der Waals surface area (Å²) < 4.78 is 0. The molecule has 0 aliphatic rings. The molecular formula is C28H24O8. The topological polar surface area (TPSA) is 149 Å². The third-order valence-electron chi connectivity index (χ3n) is 4.90. The van der Waals surface area contributed by atoms with E-state index >= 15 is 0 Å². The van der Waals surface area contributed by atoms with Crippen molar-refractivity contribution >= 4 is 34.3 Å². The van der Waals surface area contributed by atoms with E-state index in [-0.39, 0.29) is 34.2 Å². The van der Waals surface area contributed by atoms with Crippen molar-refractivity contribution in [3.8, 4) is 11.5 Å². The van der Waals surface area contributed by atoms with Crippen molar-refractivity contribution in [1.29, 1.82) is 0 Å². The van der Waals surface area contributed by atoms with Gasteiger partial charge in [0, 0.05) is 0 Å². The molecule has 0 aliphatic heterocycles. The summed E-state index contributed by atoms with van der Waals surface area (Å²) in [6.07, 6.45) is 0. The molecule has 36 heavy (non-hydrogen) atoms. The molecule has 0 fully saturated rings. The Hall–Kier alpha value is -4.98. The monoisotopic (exact) mass is 488 g/mol. The minimum atomic E-state index is -0.879. The first-order valence-electron chi connectivity index (χ1n) is 10.6. The van der Waals surface area contributed by atoms with Crippen LogP contribution in [0.1, 0.15) is 55.3 Å². The predicted molar refractivity (Wildman–Crippen MR) is 134 cm³/mol. The van der Waals surface area contributed by atoms with Crippen molar-refractivity contribution < 1.29 is 39.6 Å². The predicted octanol–water partition coefficient (Wildman–Crippen LogP) is 5.43. The summed E-state index contributed by atoms with van der Waals surface area (Å²) in [6, 6.07) is 22.3. The zero-order valence-electron chi connectivity index (χ0n) is 19.5. The molecule has 0 atom stereocenters. The number of carboxylic acid groups (broad SMARTS) is 2. The zero-order valence-corrected chi connectivity index (χ0v) is 19.5. The zero-order chi connectivity index (χ0) is 26.8. The minimum Gasteiger partial charge on any atom is -0.507 e. The van der Waals surface area contributed by atoms with Crippen LogP contribution in [-0.2, 0) is 0 Å². The molecule has 8 heteroatoms. The number of hydrogen-bond acceptors (Lipinski definition) is 6. The Kier molecular flexibility index (Phi) is 9.45. The van der Waals surface area contributed by atoms with Crippen molar-refractivity contribution in [2.45, 2.75) is 13.8 Å². The van der Waals surface area contributed by atoms with Gasteiger partial charge in [-0.1, -0.05) is 36.4 Å². The van der Waals surface area contributed by atoms with Crippen LogP contribution in [0.2, 0.25) is 0 Å². The second-order valence-electron chi connectivity index (χ2n) is 7.47. The maximum absolute atomic E-state index is 11.5. The quantitative estimate of drug-likeness (QED) is 0.278. The maximum atomic E-state index is 11.5. The smallest absolute Gasteiger partial charge is 0.335 e. The molecule has 0 saturated heterocycles. The Morgan fingerprint density at radius 1 is 0.500 bits per heavy atom. The van der Waals surface area contributed by atoms with Gasteiger partial charge in [-0.3, -0.25) is 9.59 Å². The van der Waals surface area contributed by atoms with Gasteiger partial charge in [0.1, 0.15) is 11.5 Å². The first-order chi connectivity index (χ1) is 17.0. The van der Waals surface area contributed by atoms with Crippen LogP contribution in [0.4, 0.5) is 0 Å². The average Bonchev–Trinajstić information content (AvgIpc) is 2.85. The normalized spacial score (nSPS) is 9.72. The molecule has 4 aromatic carbocycles. The standard InChI is InChI=1S/C14H12O4.2C7H6O2/c1-7(15)13-9-3-6-12(18)14(8(2)16)10(9)4-5-11(13)17;2*8-7(9)6-4-2-1-3-5-6/h3-6,17-18H,1-2H3;2*1-5H,(H,8,9). The van der Waals surface area contributed by atoms with E-state index in [1.54, 1.807) is 60.7 Å². The highest BCUT2D eigenvalue weighted by molar-refractivity contribution is 6.16. The van der Waals surface area contributed by atoms with Crippen molar-refractivity contribution in [3.63, 3.8) is 0 Å². The van der Waals surface area contributed by atoms with Crippen LogP contribution >= 0.6 is 0 Å². The van der Waals surface area contributed by atoms with E-state index in [0.29, 0.717) is 21.9 Å². The number of Topliss-reactive ketones (excluding diaryl/α,β-unsaturated/α-hetero) is 2. The third-order valence-corrected chi connectivity index (χ3v) is 4.90. The maximum Gasteiger partial charge on any atom is 0.335 e. The number of carbonyl (C=O) groups excluding carboxylic acids is 2. The van der Waals surface area contributed by atoms with E-state index < -0.39 is 11.9 Å². The first-order valence-corrected chi connectivity index (χ1v) is 10.6. The van der Waals surface area contributed by atoms with Gasteiger partial charge in [0.15, 0.2) is 11.6 Å². The van der Waals surface area contributed by atoms with Gasteiger partial charge in [-0.2, -0.15) is 0 Å². The van der Waals surface area contributed by atoms with E-state index in [4.69, 9.17) is 10.2 Å². The van der Waals surface area contributed by atoms with Gasteiger partial charge in [-0.15, -0.1) is 0 Å². The molecule has 4 aromatic rings. The molecule has 0 heterocycles. The number of hydrogen-bond donors (Lipinski definition) is 4. The van der Waals surface area contributed by atoms with Crippen molar-refractivity contribution in [1.82, 2.24) is 0 Å². The van der Waals surface area contributed by atoms with Crippen LogP contribution in [0, 0.1) is 0 Å². The van der Waals surface area contributed by atoms with E-state index in [2.05, 4.69) is 0 Å². The number of phenolic OH excluding ortho intramolecular Hbond substituents is 2. The summed E-state index contributed by atoms with van der Waals surface area (Å²) in [6.45, 7) is 2.68. The SMILES string of the molecule is CC(=O)c1c(O)ccc2c(C(C)=O)c(O)ccc12.O=C(O)c1ccccc1.O=C(O)c1ccccc1. The Bertz CT molecular complexity index is 1290. The fourth-order valence-corrected chi connectivity index (χ4v) is 3.28. The van der Waals surface area contributed by atoms with Gasteiger partial charge in [-0.25, -0.2) is 9.59 Å². The number of aromatic hydroxyl groups is 2. The molecule has 184 valence electrons. The summed E-state index contributed by atoms with van der Waals surface area (Å²) in [4.78, 5) is 43.5. The fraction of sp³-hybridized carbons (Fsp3) is 0.0714. The Morgan fingerprint density at radius 3 is 1.03 bits per heavy atom. The van der Waals surface area contributed by atoms with Crippen LogP contribution in [0.25, 0.3) is 10.8 Å². The lowest BCUT2D eigenvalue weighted by atomic mass is 9.95. The number of carboxylic acids is 2. The van der Waals surface area contributed by atoms with Crippen LogP contribution < -0.4 is 0 Å². The van der Waals surface area contributed by atoms with Gasteiger partial charge in [0.05, 0.1) is 22.3 Å². The number of aromatic carboxylic acids is 2. The third kappa shape index (κ3) is 7.01. The summed E-state index contributed by atoms with van der Waals surface area (Å²) in [5, 5.41) is 37.1. The van der Waals surface area contributed by atoms with Crippen LogP contribution in [0.15, 0.2) is 84.9 Å². The molecule has 4 rings (SSSR count). The number of ketones is 2. The molecule has 0 bridgehead atoms. The van der Waals surface area contributed by atoms with Crippen LogP contribution in [0.3, 0.4) is 0 Å². The molecular weight excluding hydrogens is 464 g/mol. The molecule has 0 aromatic heterocycles. The molecule has 8 nitrogen and oxygen atoms in total. The molecule has 0 spiro atoms. The van der Waals surface area contributed by atoms with Gasteiger partial charge in [0.25, 0.3) is 0 Å². The van der Waals surface area contributed by atoms with Gasteiger partial charge in [0.2, 0.25) is 0 Å². The Labute approximate surface area is 206 Å². The summed E-state index contributed by atoms with van der Waals surface area (Å²) in [7, 11) is 0. The second kappa shape index (κ2) is 12.5. The Morgan fingerprint density at radius 2 is 0.806 bits per heavy atom. The van der Waals surface area contributed by atoms with E-state index in [9.17, 15) is 29.4 Å². The molecule has 0 unspecified atom stereocenters. The van der Waals surface area contributed by atoms with E-state index in [0.717, 1.165) is 0 Å². The fourth-order valence-electron chi connectivity index (χ4n) is 3.28. The summed E-state index contributed by atoms with van der Waals surface area (Å²) in [5.41, 5.74) is 0.986. The first kappa shape index (κ1) is 27.3. The highest BCUT2D eigenvalue weighted by Crippen LogP contribution is 2.33. The van der Waals surface area contributed by atoms with Gasteiger partial charge < -0.3 is 20.4 Å². The molecule has 0 saturated carbocycles. The molecule has 4 N–H and O–H groups in total. The number of benzene rings is 4. The number of rotatable bonds is 4. The van der Waals surface area contributed by atoms with E-state index in [1.807, 2.05) is 0 Å². The largest absolute Gasteiger partial charge is 0.507 e. The molecule has 0 amide bonds. The number of fused-ring (bicyclic) bond motifs is 1. The molecule has 0 aliphatic carbocycles. The summed E-state index contributed by atoms with van der Waals surface area (Å²) >= 11 is 0. The van der Waals surface area contributed by atoms with E-state index in [1.165, 1.54) is 38.1 Å². The lowest BCUT2D eigenvalue weighted by molar-refractivity contribution is 0.0686. The highest BCUT2D eigenvalue weighted by Gasteiger charge is 2.17. The van der Waals surface area contributed by atoms with Crippen LogP contribution in [0.5, 0.6) is 11.5 Å². The lowest BCUT2D eigenvalue weighted by Crippen LogP contribution is -1.99. The lowest BCUT2D eigenvalue weighted by Gasteiger charge is -2.10. The van der Waals surface area contributed by atoms with Gasteiger partial charge >= 0.3 is 11.9 Å². The molecule has 0 radical (unpaired) electrons. The van der Waals surface area contributed by atoms with Crippen molar-refractivity contribution in [2.75, 3.05) is 0 Å². The number of phenols is 2. The van der Waals surface area contributed by atoms with Crippen LogP contribution in [-0.4, -0.2) is 43.9 Å². The highest BCUT2D eigenvalue weighted by atomic mass is 16.4. The second-order valence-corrected chi connectivity index (χ2v) is 7.47. The minimum absolute atomic E-state index is 0.129. The summed E-state index contributed by atoms with van der Waals surface area (Å²) in [5.74, 6) is -2.60. The Balaban J connectivity index is 0.000000212.